The van der Waals surface area contributed by atoms with E-state index >= 15 is 0 Å². The van der Waals surface area contributed by atoms with Crippen LogP contribution in [0.2, 0.25) is 5.15 Å². The van der Waals surface area contributed by atoms with Crippen molar-refractivity contribution in [3.05, 3.63) is 44.3 Å². The molecule has 0 saturated heterocycles. The first kappa shape index (κ1) is 13.0. The predicted molar refractivity (Wildman–Crippen MR) is 85.0 cm³/mol. The van der Waals surface area contributed by atoms with Gasteiger partial charge in [0.05, 0.1) is 10.4 Å². The maximum Gasteiger partial charge on any atom is 0.171 e. The van der Waals surface area contributed by atoms with E-state index in [9.17, 15) is 0 Å². The van der Waals surface area contributed by atoms with E-state index in [4.69, 9.17) is 11.6 Å². The first-order chi connectivity index (χ1) is 9.06. The van der Waals surface area contributed by atoms with Gasteiger partial charge in [-0.05, 0) is 64.5 Å². The fourth-order valence-electron chi connectivity index (χ4n) is 1.99. The summed E-state index contributed by atoms with van der Waals surface area (Å²) >= 11 is 11.5. The molecule has 0 atom stereocenters. The summed E-state index contributed by atoms with van der Waals surface area (Å²) in [5.74, 6) is 0.689. The Morgan fingerprint density at radius 3 is 2.68 bits per heavy atom. The van der Waals surface area contributed by atoms with E-state index in [-0.39, 0.29) is 0 Å². The fraction of sp³-hybridized carbons (Fsp3) is 0.143. The molecule has 0 amide bonds. The molecule has 5 heteroatoms. The van der Waals surface area contributed by atoms with Gasteiger partial charge >= 0.3 is 0 Å². The molecule has 1 aromatic carbocycles. The highest BCUT2D eigenvalue weighted by Crippen LogP contribution is 2.33. The number of nitrogens with zero attached hydrogens (tertiary/aromatic N) is 2. The second-order valence-electron chi connectivity index (χ2n) is 4.41. The van der Waals surface area contributed by atoms with Gasteiger partial charge in [-0.1, -0.05) is 11.6 Å². The first-order valence-corrected chi connectivity index (χ1v) is 7.79. The molecular formula is C14H10BrClN2S. The molecule has 2 aromatic heterocycles. The molecule has 0 fully saturated rings. The lowest BCUT2D eigenvalue weighted by atomic mass is 10.1. The highest BCUT2D eigenvalue weighted by atomic mass is 79.9. The molecule has 19 heavy (non-hydrogen) atoms. The molecule has 96 valence electrons. The Bertz CT molecular complexity index is 782. The van der Waals surface area contributed by atoms with E-state index in [1.54, 1.807) is 11.3 Å². The Kier molecular flexibility index (Phi) is 3.33. The molecule has 3 rings (SSSR count). The SMILES string of the molecule is Cc1cc(Br)c2nc(-c3sccc3C)nc(Cl)c2c1. The van der Waals surface area contributed by atoms with Gasteiger partial charge in [0.25, 0.3) is 0 Å². The van der Waals surface area contributed by atoms with Gasteiger partial charge in [-0.2, -0.15) is 0 Å². The average molecular weight is 354 g/mol. The third kappa shape index (κ3) is 2.29. The monoisotopic (exact) mass is 352 g/mol. The van der Waals surface area contributed by atoms with Crippen LogP contribution in [0.25, 0.3) is 21.6 Å². The van der Waals surface area contributed by atoms with Crippen LogP contribution in [0.5, 0.6) is 0 Å². The molecule has 3 aromatic rings. The van der Waals surface area contributed by atoms with E-state index in [1.807, 2.05) is 24.4 Å². The molecule has 0 aliphatic heterocycles. The lowest BCUT2D eigenvalue weighted by Crippen LogP contribution is -1.93. The minimum atomic E-state index is 0.497. The van der Waals surface area contributed by atoms with Gasteiger partial charge in [0.1, 0.15) is 5.15 Å². The zero-order valence-corrected chi connectivity index (χ0v) is 13.5. The number of benzene rings is 1. The van der Waals surface area contributed by atoms with Gasteiger partial charge in [-0.3, -0.25) is 0 Å². The minimum Gasteiger partial charge on any atom is -0.226 e. The molecule has 0 radical (unpaired) electrons. The Morgan fingerprint density at radius 1 is 1.21 bits per heavy atom. The summed E-state index contributed by atoms with van der Waals surface area (Å²) < 4.78 is 0.947. The molecule has 2 heterocycles. The maximum atomic E-state index is 6.31. The van der Waals surface area contributed by atoms with Gasteiger partial charge < -0.3 is 0 Å². The van der Waals surface area contributed by atoms with Gasteiger partial charge in [0.15, 0.2) is 5.82 Å². The summed E-state index contributed by atoms with van der Waals surface area (Å²) in [5, 5.41) is 3.42. The Hall–Kier alpha value is -0.970. The number of halogens is 2. The third-order valence-electron chi connectivity index (χ3n) is 2.92. The smallest absolute Gasteiger partial charge is 0.171 e. The van der Waals surface area contributed by atoms with Crippen LogP contribution in [0, 0.1) is 13.8 Å². The van der Waals surface area contributed by atoms with E-state index in [0.29, 0.717) is 11.0 Å². The number of rotatable bonds is 1. The van der Waals surface area contributed by atoms with Gasteiger partial charge in [-0.25, -0.2) is 9.97 Å². The summed E-state index contributed by atoms with van der Waals surface area (Å²) in [5.41, 5.74) is 3.15. The summed E-state index contributed by atoms with van der Waals surface area (Å²) in [6, 6.07) is 6.11. The number of aryl methyl sites for hydroxylation is 2. The van der Waals surface area contributed by atoms with Crippen LogP contribution in [0.3, 0.4) is 0 Å². The summed E-state index contributed by atoms with van der Waals surface area (Å²) in [6.45, 7) is 4.08. The molecule has 0 N–H and O–H groups in total. The maximum absolute atomic E-state index is 6.31. The largest absolute Gasteiger partial charge is 0.226 e. The minimum absolute atomic E-state index is 0.497. The van der Waals surface area contributed by atoms with Crippen LogP contribution >= 0.6 is 38.9 Å². The van der Waals surface area contributed by atoms with Crippen LogP contribution in [-0.2, 0) is 0 Å². The van der Waals surface area contributed by atoms with Crippen molar-refractivity contribution < 1.29 is 0 Å². The molecule has 0 aliphatic rings. The van der Waals surface area contributed by atoms with Crippen molar-refractivity contribution in [1.82, 2.24) is 9.97 Å². The van der Waals surface area contributed by atoms with Crippen molar-refractivity contribution in [2.75, 3.05) is 0 Å². The van der Waals surface area contributed by atoms with Crippen LogP contribution in [0.15, 0.2) is 28.1 Å². The van der Waals surface area contributed by atoms with Crippen LogP contribution in [0.1, 0.15) is 11.1 Å². The van der Waals surface area contributed by atoms with Crippen molar-refractivity contribution in [3.8, 4) is 10.7 Å². The van der Waals surface area contributed by atoms with Gasteiger partial charge in [0, 0.05) is 9.86 Å². The molecule has 0 aliphatic carbocycles. The Morgan fingerprint density at radius 2 is 2.00 bits per heavy atom. The van der Waals surface area contributed by atoms with E-state index in [2.05, 4.69) is 38.9 Å². The van der Waals surface area contributed by atoms with Crippen molar-refractivity contribution >= 4 is 49.8 Å². The zero-order chi connectivity index (χ0) is 13.6. The Labute approximate surface area is 128 Å². The van der Waals surface area contributed by atoms with Crippen molar-refractivity contribution in [2.45, 2.75) is 13.8 Å². The second-order valence-corrected chi connectivity index (χ2v) is 6.54. The number of thiophene rings is 1. The van der Waals surface area contributed by atoms with Gasteiger partial charge in [0.2, 0.25) is 0 Å². The molecule has 0 spiro atoms. The standard InChI is InChI=1S/C14H10BrClN2S/c1-7-5-9-11(10(15)6-7)17-14(18-13(9)16)12-8(2)3-4-19-12/h3-6H,1-2H3. The summed E-state index contributed by atoms with van der Waals surface area (Å²) in [4.78, 5) is 10.1. The molecule has 2 nitrogen and oxygen atoms in total. The normalized spacial score (nSPS) is 11.2. The number of hydrogen-bond acceptors (Lipinski definition) is 3. The molecule has 0 bridgehead atoms. The predicted octanol–water partition coefficient (Wildman–Crippen LogP) is 5.39. The quantitative estimate of drug-likeness (QED) is 0.548. The van der Waals surface area contributed by atoms with Crippen LogP contribution < -0.4 is 0 Å². The van der Waals surface area contributed by atoms with E-state index < -0.39 is 0 Å². The summed E-state index contributed by atoms with van der Waals surface area (Å²) in [6.07, 6.45) is 0. The van der Waals surface area contributed by atoms with E-state index in [0.717, 1.165) is 25.8 Å². The molecule has 0 unspecified atom stereocenters. The van der Waals surface area contributed by atoms with Gasteiger partial charge in [-0.15, -0.1) is 11.3 Å². The fourth-order valence-corrected chi connectivity index (χ4v) is 3.74. The molecular weight excluding hydrogens is 344 g/mol. The van der Waals surface area contributed by atoms with Crippen molar-refractivity contribution in [2.24, 2.45) is 0 Å². The summed E-state index contributed by atoms with van der Waals surface area (Å²) in [7, 11) is 0. The Balaban J connectivity index is 2.34. The second kappa shape index (κ2) is 4.85. The van der Waals surface area contributed by atoms with Crippen molar-refractivity contribution in [3.63, 3.8) is 0 Å². The average Bonchev–Trinajstić information content (AvgIpc) is 2.76. The first-order valence-electron chi connectivity index (χ1n) is 5.74. The van der Waals surface area contributed by atoms with E-state index in [1.165, 1.54) is 5.56 Å². The lowest BCUT2D eigenvalue weighted by molar-refractivity contribution is 1.22. The number of hydrogen-bond donors (Lipinski definition) is 0. The highest BCUT2D eigenvalue weighted by Gasteiger charge is 2.13. The van der Waals surface area contributed by atoms with Crippen LogP contribution in [-0.4, -0.2) is 9.97 Å². The number of fused-ring (bicyclic) bond motifs is 1. The highest BCUT2D eigenvalue weighted by molar-refractivity contribution is 9.10. The molecule has 0 saturated carbocycles. The van der Waals surface area contributed by atoms with Crippen LogP contribution in [0.4, 0.5) is 0 Å². The van der Waals surface area contributed by atoms with Crippen molar-refractivity contribution in [1.29, 1.82) is 0 Å². The number of aromatic nitrogens is 2. The lowest BCUT2D eigenvalue weighted by Gasteiger charge is -2.07. The third-order valence-corrected chi connectivity index (χ3v) is 4.82. The topological polar surface area (TPSA) is 25.8 Å². The zero-order valence-electron chi connectivity index (χ0n) is 10.4.